The van der Waals surface area contributed by atoms with Gasteiger partial charge in [0.1, 0.15) is 0 Å². The van der Waals surface area contributed by atoms with E-state index in [-0.39, 0.29) is 18.4 Å². The Kier molecular flexibility index (Phi) is 3.13. The zero-order valence-electron chi connectivity index (χ0n) is 10.9. The fourth-order valence-electron chi connectivity index (χ4n) is 3.05. The number of carboxylic acid groups (broad SMARTS) is 1. The van der Waals surface area contributed by atoms with Crippen LogP contribution in [0.4, 0.5) is 0 Å². The van der Waals surface area contributed by atoms with Gasteiger partial charge in [0.2, 0.25) is 0 Å². The topological polar surface area (TPSA) is 92.6 Å². The number of aromatic nitrogens is 2. The Morgan fingerprint density at radius 2 is 2.30 bits per heavy atom. The second-order valence-corrected chi connectivity index (χ2v) is 5.30. The number of amides is 1. The summed E-state index contributed by atoms with van der Waals surface area (Å²) < 4.78 is 5.37. The molecule has 2 atom stereocenters. The molecule has 3 heterocycles. The van der Waals surface area contributed by atoms with Gasteiger partial charge in [-0.2, -0.15) is 10.2 Å². The van der Waals surface area contributed by atoms with Crippen LogP contribution < -0.4 is 0 Å². The highest BCUT2D eigenvalue weighted by Crippen LogP contribution is 2.42. The van der Waals surface area contributed by atoms with Crippen molar-refractivity contribution in [3.05, 3.63) is 24.0 Å². The van der Waals surface area contributed by atoms with E-state index in [0.717, 1.165) is 0 Å². The van der Waals surface area contributed by atoms with Crippen LogP contribution in [0.1, 0.15) is 16.8 Å². The lowest BCUT2D eigenvalue weighted by Crippen LogP contribution is -2.45. The summed E-state index contributed by atoms with van der Waals surface area (Å²) >= 11 is 0. The maximum absolute atomic E-state index is 12.4. The van der Waals surface area contributed by atoms with Crippen molar-refractivity contribution < 1.29 is 19.4 Å². The summed E-state index contributed by atoms with van der Waals surface area (Å²) in [4.78, 5) is 25.6. The number of hydrogen-bond acceptors (Lipinski definition) is 5. The Morgan fingerprint density at radius 3 is 2.95 bits per heavy atom. The molecule has 2 aliphatic rings. The Hall–Kier alpha value is -2.02. The fraction of sp³-hybridized carbons (Fsp3) is 0.538. The smallest absolute Gasteiger partial charge is 0.311 e. The van der Waals surface area contributed by atoms with E-state index in [2.05, 4.69) is 10.2 Å². The molecule has 106 valence electrons. The van der Waals surface area contributed by atoms with Gasteiger partial charge in [-0.25, -0.2) is 0 Å². The van der Waals surface area contributed by atoms with Crippen LogP contribution in [-0.4, -0.2) is 58.4 Å². The largest absolute Gasteiger partial charge is 0.481 e. The summed E-state index contributed by atoms with van der Waals surface area (Å²) in [6.45, 7) is 1.47. The first kappa shape index (κ1) is 13.0. The van der Waals surface area contributed by atoms with E-state index in [0.29, 0.717) is 31.7 Å². The van der Waals surface area contributed by atoms with E-state index in [9.17, 15) is 14.7 Å². The molecule has 7 heteroatoms. The normalized spacial score (nSPS) is 29.0. The van der Waals surface area contributed by atoms with Gasteiger partial charge in [0.05, 0.1) is 30.0 Å². The molecule has 1 amide bonds. The van der Waals surface area contributed by atoms with Crippen molar-refractivity contribution in [1.29, 1.82) is 0 Å². The number of ether oxygens (including phenoxy) is 1. The molecule has 0 bridgehead atoms. The molecule has 0 aromatic carbocycles. The maximum Gasteiger partial charge on any atom is 0.311 e. The van der Waals surface area contributed by atoms with E-state index in [1.54, 1.807) is 11.0 Å². The standard InChI is InChI=1S/C13H15N3O4/c17-11(9-1-3-14-15-5-9)16-6-10-7-20-4-2-13(10,8-16)12(18)19/h1,3,5,10H,2,4,6-8H2,(H,18,19)/t10-,13+/m0/s1. The highest BCUT2D eigenvalue weighted by molar-refractivity contribution is 5.94. The lowest BCUT2D eigenvalue weighted by atomic mass is 9.74. The average molecular weight is 277 g/mol. The van der Waals surface area contributed by atoms with Crippen LogP contribution in [0.5, 0.6) is 0 Å². The van der Waals surface area contributed by atoms with Gasteiger partial charge in [-0.15, -0.1) is 0 Å². The van der Waals surface area contributed by atoms with Gasteiger partial charge < -0.3 is 14.7 Å². The Balaban J connectivity index is 1.84. The lowest BCUT2D eigenvalue weighted by Gasteiger charge is -2.33. The Morgan fingerprint density at radius 1 is 1.45 bits per heavy atom. The summed E-state index contributed by atoms with van der Waals surface area (Å²) in [5.41, 5.74) is -0.436. The van der Waals surface area contributed by atoms with E-state index >= 15 is 0 Å². The summed E-state index contributed by atoms with van der Waals surface area (Å²) in [6.07, 6.45) is 3.30. The van der Waals surface area contributed by atoms with E-state index in [4.69, 9.17) is 4.74 Å². The number of nitrogens with zero attached hydrogens (tertiary/aromatic N) is 3. The quantitative estimate of drug-likeness (QED) is 0.820. The monoisotopic (exact) mass is 277 g/mol. The molecule has 20 heavy (non-hydrogen) atoms. The predicted molar refractivity (Wildman–Crippen MR) is 66.9 cm³/mol. The van der Waals surface area contributed by atoms with Crippen LogP contribution in [0, 0.1) is 11.3 Å². The summed E-state index contributed by atoms with van der Waals surface area (Å²) in [5.74, 6) is -1.18. The Labute approximate surface area is 115 Å². The van der Waals surface area contributed by atoms with Crippen LogP contribution >= 0.6 is 0 Å². The molecular formula is C13H15N3O4. The SMILES string of the molecule is O=C(c1ccnnc1)N1C[C@H]2COCC[C@@]2(C(=O)O)C1. The number of likely N-dealkylation sites (tertiary alicyclic amines) is 1. The molecule has 1 N–H and O–H groups in total. The van der Waals surface area contributed by atoms with Crippen LogP contribution in [0.25, 0.3) is 0 Å². The van der Waals surface area contributed by atoms with Crippen molar-refractivity contribution in [2.75, 3.05) is 26.3 Å². The van der Waals surface area contributed by atoms with Gasteiger partial charge in [0, 0.05) is 25.6 Å². The highest BCUT2D eigenvalue weighted by atomic mass is 16.5. The zero-order valence-corrected chi connectivity index (χ0v) is 10.9. The van der Waals surface area contributed by atoms with Crippen LogP contribution in [-0.2, 0) is 9.53 Å². The van der Waals surface area contributed by atoms with Crippen molar-refractivity contribution >= 4 is 11.9 Å². The third kappa shape index (κ3) is 1.94. The van der Waals surface area contributed by atoms with Gasteiger partial charge in [-0.05, 0) is 12.5 Å². The molecular weight excluding hydrogens is 262 g/mol. The third-order valence-corrected chi connectivity index (χ3v) is 4.25. The second-order valence-electron chi connectivity index (χ2n) is 5.30. The number of carbonyl (C=O) groups excluding carboxylic acids is 1. The number of carbonyl (C=O) groups is 2. The molecule has 0 radical (unpaired) electrons. The average Bonchev–Trinajstić information content (AvgIpc) is 2.88. The molecule has 2 fully saturated rings. The zero-order chi connectivity index (χ0) is 14.2. The van der Waals surface area contributed by atoms with Crippen molar-refractivity contribution in [1.82, 2.24) is 15.1 Å². The number of hydrogen-bond donors (Lipinski definition) is 1. The van der Waals surface area contributed by atoms with Crippen molar-refractivity contribution in [2.24, 2.45) is 11.3 Å². The van der Waals surface area contributed by atoms with Crippen molar-refractivity contribution in [2.45, 2.75) is 6.42 Å². The van der Waals surface area contributed by atoms with Gasteiger partial charge in [-0.1, -0.05) is 0 Å². The molecule has 2 aliphatic heterocycles. The first-order valence-electron chi connectivity index (χ1n) is 6.50. The summed E-state index contributed by atoms with van der Waals surface area (Å²) in [6, 6.07) is 1.58. The molecule has 0 unspecified atom stereocenters. The number of fused-ring (bicyclic) bond motifs is 1. The number of aliphatic carboxylic acids is 1. The first-order chi connectivity index (χ1) is 9.63. The van der Waals surface area contributed by atoms with E-state index in [1.807, 2.05) is 0 Å². The first-order valence-corrected chi connectivity index (χ1v) is 6.50. The van der Waals surface area contributed by atoms with Gasteiger partial charge in [0.15, 0.2) is 0 Å². The van der Waals surface area contributed by atoms with E-state index in [1.165, 1.54) is 12.4 Å². The lowest BCUT2D eigenvalue weighted by molar-refractivity contribution is -0.157. The van der Waals surface area contributed by atoms with Crippen molar-refractivity contribution in [3.8, 4) is 0 Å². The maximum atomic E-state index is 12.4. The van der Waals surface area contributed by atoms with Crippen LogP contribution in [0.3, 0.4) is 0 Å². The minimum Gasteiger partial charge on any atom is -0.481 e. The van der Waals surface area contributed by atoms with E-state index < -0.39 is 11.4 Å². The molecule has 2 saturated heterocycles. The summed E-state index contributed by atoms with van der Waals surface area (Å²) in [7, 11) is 0. The highest BCUT2D eigenvalue weighted by Gasteiger charge is 2.54. The summed E-state index contributed by atoms with van der Waals surface area (Å²) in [5, 5.41) is 16.9. The number of carboxylic acids is 1. The van der Waals surface area contributed by atoms with Crippen molar-refractivity contribution in [3.63, 3.8) is 0 Å². The second kappa shape index (κ2) is 4.82. The minimum atomic E-state index is -0.867. The molecule has 7 nitrogen and oxygen atoms in total. The molecule has 1 aromatic heterocycles. The Bertz CT molecular complexity index is 536. The minimum absolute atomic E-state index is 0.146. The third-order valence-electron chi connectivity index (χ3n) is 4.25. The molecule has 1 aromatic rings. The fourth-order valence-corrected chi connectivity index (χ4v) is 3.05. The van der Waals surface area contributed by atoms with Crippen LogP contribution in [0.15, 0.2) is 18.5 Å². The molecule has 0 spiro atoms. The van der Waals surface area contributed by atoms with Gasteiger partial charge >= 0.3 is 5.97 Å². The molecule has 3 rings (SSSR count). The predicted octanol–water partition coefficient (Wildman–Crippen LogP) is 0.0399. The number of rotatable bonds is 2. The molecule has 0 saturated carbocycles. The van der Waals surface area contributed by atoms with Gasteiger partial charge in [0.25, 0.3) is 5.91 Å². The van der Waals surface area contributed by atoms with Gasteiger partial charge in [-0.3, -0.25) is 9.59 Å². The molecule has 0 aliphatic carbocycles. The van der Waals surface area contributed by atoms with Crippen LogP contribution in [0.2, 0.25) is 0 Å².